The summed E-state index contributed by atoms with van der Waals surface area (Å²) in [5.74, 6) is -0.507. The third-order valence-electron chi connectivity index (χ3n) is 3.71. The molecule has 3 aromatic rings. The number of aryl methyl sites for hydroxylation is 1. The van der Waals surface area contributed by atoms with Crippen LogP contribution in [0.4, 0.5) is 10.3 Å². The van der Waals surface area contributed by atoms with Crippen LogP contribution in [0.2, 0.25) is 0 Å². The molecule has 0 saturated carbocycles. The number of aromatic amines is 1. The van der Waals surface area contributed by atoms with Crippen molar-refractivity contribution in [3.8, 4) is 11.5 Å². The van der Waals surface area contributed by atoms with E-state index in [0.29, 0.717) is 11.3 Å². The molecule has 29 heavy (non-hydrogen) atoms. The molecular weight excluding hydrogens is 381 g/mol. The molecule has 3 rings (SSSR count). The average molecular weight is 397 g/mol. The fourth-order valence-electron chi connectivity index (χ4n) is 2.21. The van der Waals surface area contributed by atoms with Crippen molar-refractivity contribution in [1.82, 2.24) is 15.2 Å². The number of hydrogen-bond acceptors (Lipinski definition) is 8. The van der Waals surface area contributed by atoms with E-state index in [1.807, 2.05) is 0 Å². The number of nitrogens with zero attached hydrogens (tertiary/aromatic N) is 3. The molecule has 10 heteroatoms. The first-order valence-corrected chi connectivity index (χ1v) is 8.34. The molecule has 0 amide bonds. The fourth-order valence-corrected chi connectivity index (χ4v) is 2.21. The number of benzene rings is 2. The Labute approximate surface area is 164 Å². The highest BCUT2D eigenvalue weighted by Crippen LogP contribution is 2.28. The van der Waals surface area contributed by atoms with Crippen LogP contribution < -0.4 is 20.5 Å². The van der Waals surface area contributed by atoms with Crippen LogP contribution in [-0.2, 0) is 0 Å². The van der Waals surface area contributed by atoms with E-state index in [9.17, 15) is 14.0 Å². The van der Waals surface area contributed by atoms with Gasteiger partial charge in [0.25, 0.3) is 5.56 Å². The van der Waals surface area contributed by atoms with Crippen molar-refractivity contribution in [2.75, 3.05) is 12.5 Å². The second-order valence-corrected chi connectivity index (χ2v) is 5.76. The second kappa shape index (κ2) is 8.74. The van der Waals surface area contributed by atoms with Gasteiger partial charge < -0.3 is 9.47 Å². The van der Waals surface area contributed by atoms with Crippen LogP contribution in [0.15, 0.2) is 52.4 Å². The highest BCUT2D eigenvalue weighted by atomic mass is 19.1. The summed E-state index contributed by atoms with van der Waals surface area (Å²) in [6, 6.07) is 9.78. The Hall–Kier alpha value is -4.08. The van der Waals surface area contributed by atoms with Gasteiger partial charge in [-0.3, -0.25) is 9.78 Å². The number of ether oxygens (including phenoxy) is 2. The number of aromatic nitrogens is 3. The van der Waals surface area contributed by atoms with E-state index >= 15 is 0 Å². The van der Waals surface area contributed by atoms with Crippen LogP contribution in [0.3, 0.4) is 0 Å². The number of methoxy groups -OCH3 is 1. The van der Waals surface area contributed by atoms with Crippen molar-refractivity contribution in [2.45, 2.75) is 6.92 Å². The summed E-state index contributed by atoms with van der Waals surface area (Å²) < 4.78 is 23.5. The lowest BCUT2D eigenvalue weighted by molar-refractivity contribution is 0.0729. The summed E-state index contributed by atoms with van der Waals surface area (Å²) in [4.78, 5) is 26.1. The van der Waals surface area contributed by atoms with E-state index in [-0.39, 0.29) is 28.5 Å². The van der Waals surface area contributed by atoms with Crippen molar-refractivity contribution >= 4 is 18.1 Å². The molecule has 0 saturated heterocycles. The molecule has 2 aromatic carbocycles. The van der Waals surface area contributed by atoms with Crippen molar-refractivity contribution < 1.29 is 18.7 Å². The molecule has 0 aliphatic carbocycles. The quantitative estimate of drug-likeness (QED) is 0.283. The molecule has 0 aliphatic rings. The highest BCUT2D eigenvalue weighted by Gasteiger charge is 2.13. The predicted molar refractivity (Wildman–Crippen MR) is 103 cm³/mol. The molecule has 148 valence electrons. The van der Waals surface area contributed by atoms with Gasteiger partial charge in [0.15, 0.2) is 11.5 Å². The molecule has 0 radical (unpaired) electrons. The Morgan fingerprint density at radius 3 is 2.62 bits per heavy atom. The van der Waals surface area contributed by atoms with E-state index in [1.54, 1.807) is 12.1 Å². The molecule has 0 bridgehead atoms. The maximum absolute atomic E-state index is 13.0. The number of halogens is 1. The maximum Gasteiger partial charge on any atom is 0.343 e. The summed E-state index contributed by atoms with van der Waals surface area (Å²) in [7, 11) is 1.43. The minimum atomic E-state index is -0.645. The van der Waals surface area contributed by atoms with Crippen molar-refractivity contribution in [1.29, 1.82) is 0 Å². The van der Waals surface area contributed by atoms with Crippen LogP contribution in [0.1, 0.15) is 21.6 Å². The van der Waals surface area contributed by atoms with Gasteiger partial charge in [-0.15, -0.1) is 10.2 Å². The molecule has 0 fully saturated rings. The number of nitrogens with one attached hydrogen (secondary N) is 2. The number of esters is 1. The molecule has 1 aromatic heterocycles. The van der Waals surface area contributed by atoms with E-state index in [1.165, 1.54) is 50.6 Å². The van der Waals surface area contributed by atoms with E-state index in [0.717, 1.165) is 0 Å². The largest absolute Gasteiger partial charge is 0.493 e. The zero-order valence-corrected chi connectivity index (χ0v) is 15.5. The van der Waals surface area contributed by atoms with Gasteiger partial charge in [-0.05, 0) is 55.0 Å². The van der Waals surface area contributed by atoms with Gasteiger partial charge in [0.2, 0.25) is 5.95 Å². The van der Waals surface area contributed by atoms with Crippen LogP contribution in [0, 0.1) is 12.7 Å². The second-order valence-electron chi connectivity index (χ2n) is 5.76. The van der Waals surface area contributed by atoms with Crippen LogP contribution in [0.5, 0.6) is 11.5 Å². The first-order chi connectivity index (χ1) is 14.0. The van der Waals surface area contributed by atoms with Gasteiger partial charge in [-0.1, -0.05) is 0 Å². The summed E-state index contributed by atoms with van der Waals surface area (Å²) in [6.07, 6.45) is 1.45. The summed E-state index contributed by atoms with van der Waals surface area (Å²) >= 11 is 0. The predicted octanol–water partition coefficient (Wildman–Crippen LogP) is 2.29. The number of hydrazone groups is 1. The van der Waals surface area contributed by atoms with Gasteiger partial charge in [-0.2, -0.15) is 5.10 Å². The lowest BCUT2D eigenvalue weighted by atomic mass is 10.2. The minimum absolute atomic E-state index is 0.0914. The van der Waals surface area contributed by atoms with Crippen LogP contribution >= 0.6 is 0 Å². The Balaban J connectivity index is 1.70. The molecule has 9 nitrogen and oxygen atoms in total. The molecule has 2 N–H and O–H groups in total. The Kier molecular flexibility index (Phi) is 5.93. The number of H-pyrrole nitrogens is 1. The van der Waals surface area contributed by atoms with Crippen molar-refractivity contribution in [3.63, 3.8) is 0 Å². The number of anilines is 1. The topological polar surface area (TPSA) is 119 Å². The SMILES string of the molecule is COc1cc(/C=N/Nc2nnc(C)c(=O)[nH]2)ccc1OC(=O)c1ccc(F)cc1. The molecule has 0 aliphatic heterocycles. The van der Waals surface area contributed by atoms with Gasteiger partial charge in [-0.25, -0.2) is 14.6 Å². The number of carbonyl (C=O) groups excluding carboxylic acids is 1. The third-order valence-corrected chi connectivity index (χ3v) is 3.71. The monoisotopic (exact) mass is 397 g/mol. The average Bonchev–Trinajstić information content (AvgIpc) is 2.72. The maximum atomic E-state index is 13.0. The van der Waals surface area contributed by atoms with Gasteiger partial charge >= 0.3 is 5.97 Å². The number of hydrogen-bond donors (Lipinski definition) is 2. The molecule has 0 spiro atoms. The lowest BCUT2D eigenvalue weighted by Gasteiger charge is -2.10. The molecule has 0 atom stereocenters. The van der Waals surface area contributed by atoms with Crippen molar-refractivity contribution in [3.05, 3.63) is 75.5 Å². The first-order valence-electron chi connectivity index (χ1n) is 8.34. The molecular formula is C19H16FN5O4. The minimum Gasteiger partial charge on any atom is -0.493 e. The van der Waals surface area contributed by atoms with E-state index in [2.05, 4.69) is 25.7 Å². The van der Waals surface area contributed by atoms with Gasteiger partial charge in [0.1, 0.15) is 11.5 Å². The van der Waals surface area contributed by atoms with Crippen LogP contribution in [-0.4, -0.2) is 34.5 Å². The third kappa shape index (κ3) is 5.01. The first kappa shape index (κ1) is 19.7. The van der Waals surface area contributed by atoms with Gasteiger partial charge in [0, 0.05) is 0 Å². The lowest BCUT2D eigenvalue weighted by Crippen LogP contribution is -2.15. The summed E-state index contributed by atoms with van der Waals surface area (Å²) in [5.41, 5.74) is 3.26. The molecule has 0 unspecified atom stereocenters. The number of carbonyl (C=O) groups is 1. The zero-order valence-electron chi connectivity index (χ0n) is 15.5. The standard InChI is InChI=1S/C19H16FN5O4/c1-11-17(26)22-19(25-23-11)24-21-10-12-3-8-15(16(9-12)28-2)29-18(27)13-4-6-14(20)7-5-13/h3-10H,1-2H3,(H2,22,24,25,26)/b21-10+. The van der Waals surface area contributed by atoms with E-state index in [4.69, 9.17) is 9.47 Å². The fraction of sp³-hybridized carbons (Fsp3) is 0.105. The Bertz CT molecular complexity index is 1110. The van der Waals surface area contributed by atoms with E-state index < -0.39 is 11.8 Å². The van der Waals surface area contributed by atoms with Crippen molar-refractivity contribution in [2.24, 2.45) is 5.10 Å². The molecule has 1 heterocycles. The summed E-state index contributed by atoms with van der Waals surface area (Å²) in [6.45, 7) is 1.54. The smallest absolute Gasteiger partial charge is 0.343 e. The number of rotatable bonds is 6. The zero-order chi connectivity index (χ0) is 20.8. The highest BCUT2D eigenvalue weighted by molar-refractivity contribution is 5.91. The normalized spacial score (nSPS) is 10.7. The Morgan fingerprint density at radius 2 is 1.93 bits per heavy atom. The Morgan fingerprint density at radius 1 is 1.17 bits per heavy atom. The van der Waals surface area contributed by atoms with Gasteiger partial charge in [0.05, 0.1) is 18.9 Å². The summed E-state index contributed by atoms with van der Waals surface area (Å²) in [5, 5.41) is 11.4. The van der Waals surface area contributed by atoms with Crippen LogP contribution in [0.25, 0.3) is 0 Å².